The summed E-state index contributed by atoms with van der Waals surface area (Å²) in [5.41, 5.74) is 1.65. The molecule has 3 N–H and O–H groups in total. The highest BCUT2D eigenvalue weighted by atomic mass is 16.6. The van der Waals surface area contributed by atoms with Gasteiger partial charge in [0.05, 0.1) is 6.61 Å². The van der Waals surface area contributed by atoms with Crippen molar-refractivity contribution >= 4 is 17.9 Å². The molecule has 36 heavy (non-hydrogen) atoms. The smallest absolute Gasteiger partial charge is 0.408 e. The van der Waals surface area contributed by atoms with Gasteiger partial charge in [0.1, 0.15) is 17.7 Å². The highest BCUT2D eigenvalue weighted by Gasteiger charge is 2.37. The third-order valence-corrected chi connectivity index (χ3v) is 5.58. The summed E-state index contributed by atoms with van der Waals surface area (Å²) in [5.74, 6) is -1.15. The Balaban J connectivity index is 2.42. The normalized spacial score (nSPS) is 13.0. The standard InChI is InChI=1S/C28H39N3O5/c1-19(2)23(30-27(35)36-28(4,5)6)26(34)31(16-17-32)24(22-15-11-10-12-20(22)3)25(33)29-18-21-13-8-7-9-14-21/h7-15,19,23-24,32H,16-18H2,1-6H3,(H,29,33)(H,30,35). The fourth-order valence-electron chi connectivity index (χ4n) is 3.83. The van der Waals surface area contributed by atoms with Crippen LogP contribution in [0.3, 0.4) is 0 Å². The zero-order valence-electron chi connectivity index (χ0n) is 22.1. The summed E-state index contributed by atoms with van der Waals surface area (Å²) in [7, 11) is 0. The minimum Gasteiger partial charge on any atom is -0.444 e. The van der Waals surface area contributed by atoms with Crippen molar-refractivity contribution in [2.24, 2.45) is 5.92 Å². The van der Waals surface area contributed by atoms with Crippen LogP contribution < -0.4 is 10.6 Å². The molecule has 2 rings (SSSR count). The van der Waals surface area contributed by atoms with Crippen LogP contribution in [-0.2, 0) is 20.9 Å². The molecule has 0 saturated heterocycles. The van der Waals surface area contributed by atoms with Gasteiger partial charge in [0, 0.05) is 13.1 Å². The van der Waals surface area contributed by atoms with Crippen molar-refractivity contribution in [2.75, 3.05) is 13.2 Å². The van der Waals surface area contributed by atoms with E-state index in [-0.39, 0.29) is 31.5 Å². The Morgan fingerprint density at radius 2 is 1.61 bits per heavy atom. The Morgan fingerprint density at radius 3 is 2.17 bits per heavy atom. The van der Waals surface area contributed by atoms with Gasteiger partial charge in [-0.2, -0.15) is 0 Å². The number of rotatable bonds is 10. The van der Waals surface area contributed by atoms with Gasteiger partial charge in [-0.3, -0.25) is 9.59 Å². The summed E-state index contributed by atoms with van der Waals surface area (Å²) in [5, 5.41) is 15.5. The van der Waals surface area contributed by atoms with Crippen LogP contribution in [0.5, 0.6) is 0 Å². The van der Waals surface area contributed by atoms with E-state index in [1.165, 1.54) is 4.90 Å². The lowest BCUT2D eigenvalue weighted by Gasteiger charge is -2.35. The van der Waals surface area contributed by atoms with E-state index < -0.39 is 29.7 Å². The first-order valence-corrected chi connectivity index (χ1v) is 12.2. The molecule has 196 valence electrons. The number of nitrogens with zero attached hydrogens (tertiary/aromatic N) is 1. The molecule has 0 heterocycles. The lowest BCUT2D eigenvalue weighted by atomic mass is 9.96. The lowest BCUT2D eigenvalue weighted by Crippen LogP contribution is -2.55. The second-order valence-electron chi connectivity index (χ2n) is 10.1. The van der Waals surface area contributed by atoms with E-state index in [0.717, 1.165) is 11.1 Å². The Kier molecular flexibility index (Phi) is 10.5. The molecule has 0 fully saturated rings. The van der Waals surface area contributed by atoms with Crippen LogP contribution >= 0.6 is 0 Å². The number of aliphatic hydroxyl groups excluding tert-OH is 1. The molecule has 0 aromatic heterocycles. The maximum atomic E-state index is 13.8. The molecule has 0 aliphatic carbocycles. The maximum Gasteiger partial charge on any atom is 0.408 e. The average Bonchev–Trinajstić information content (AvgIpc) is 2.81. The molecule has 0 saturated carbocycles. The number of hydrogen-bond donors (Lipinski definition) is 3. The monoisotopic (exact) mass is 497 g/mol. The number of aliphatic hydroxyl groups is 1. The van der Waals surface area contributed by atoms with E-state index in [4.69, 9.17) is 4.74 Å². The summed E-state index contributed by atoms with van der Waals surface area (Å²) in [6.45, 7) is 10.5. The van der Waals surface area contributed by atoms with Gasteiger partial charge >= 0.3 is 6.09 Å². The largest absolute Gasteiger partial charge is 0.444 e. The zero-order chi connectivity index (χ0) is 26.9. The molecule has 0 spiro atoms. The molecule has 0 radical (unpaired) electrons. The SMILES string of the molecule is Cc1ccccc1C(C(=O)NCc1ccccc1)N(CCO)C(=O)C(NC(=O)OC(C)(C)C)C(C)C. The van der Waals surface area contributed by atoms with Crippen molar-refractivity contribution in [3.8, 4) is 0 Å². The molecule has 8 heteroatoms. The summed E-state index contributed by atoms with van der Waals surface area (Å²) in [4.78, 5) is 41.3. The Hall–Kier alpha value is -3.39. The van der Waals surface area contributed by atoms with Gasteiger partial charge in [0.15, 0.2) is 0 Å². The van der Waals surface area contributed by atoms with Gasteiger partial charge in [-0.05, 0) is 50.3 Å². The quantitative estimate of drug-likeness (QED) is 0.464. The van der Waals surface area contributed by atoms with Gasteiger partial charge < -0.3 is 25.4 Å². The Bertz CT molecular complexity index is 1020. The first-order chi connectivity index (χ1) is 16.9. The highest BCUT2D eigenvalue weighted by Crippen LogP contribution is 2.26. The number of hydrogen-bond acceptors (Lipinski definition) is 5. The predicted molar refractivity (Wildman–Crippen MR) is 139 cm³/mol. The van der Waals surface area contributed by atoms with Crippen LogP contribution in [0.2, 0.25) is 0 Å². The summed E-state index contributed by atoms with van der Waals surface area (Å²) < 4.78 is 5.36. The maximum absolute atomic E-state index is 13.8. The third-order valence-electron chi connectivity index (χ3n) is 5.58. The summed E-state index contributed by atoms with van der Waals surface area (Å²) in [6.07, 6.45) is -0.723. The topological polar surface area (TPSA) is 108 Å². The van der Waals surface area contributed by atoms with Crippen LogP contribution in [-0.4, -0.2) is 52.7 Å². The van der Waals surface area contributed by atoms with Crippen LogP contribution in [0, 0.1) is 12.8 Å². The number of alkyl carbamates (subject to hydrolysis) is 1. The van der Waals surface area contributed by atoms with E-state index in [2.05, 4.69) is 10.6 Å². The molecule has 0 aliphatic heterocycles. The zero-order valence-corrected chi connectivity index (χ0v) is 22.1. The van der Waals surface area contributed by atoms with Crippen molar-refractivity contribution in [3.05, 3.63) is 71.3 Å². The van der Waals surface area contributed by atoms with Crippen molar-refractivity contribution in [3.63, 3.8) is 0 Å². The molecule has 2 atom stereocenters. The minimum atomic E-state index is -1.00. The van der Waals surface area contributed by atoms with Gasteiger partial charge in [-0.1, -0.05) is 68.4 Å². The van der Waals surface area contributed by atoms with Gasteiger partial charge in [-0.25, -0.2) is 4.79 Å². The van der Waals surface area contributed by atoms with Crippen LogP contribution in [0.25, 0.3) is 0 Å². The number of aryl methyl sites for hydroxylation is 1. The molecule has 2 aromatic rings. The first-order valence-electron chi connectivity index (χ1n) is 12.2. The second kappa shape index (κ2) is 13.1. The van der Waals surface area contributed by atoms with Crippen molar-refractivity contribution < 1.29 is 24.2 Å². The van der Waals surface area contributed by atoms with E-state index in [1.54, 1.807) is 46.8 Å². The van der Waals surface area contributed by atoms with Gasteiger partial charge in [-0.15, -0.1) is 0 Å². The fourth-order valence-corrected chi connectivity index (χ4v) is 3.83. The summed E-state index contributed by atoms with van der Waals surface area (Å²) in [6, 6.07) is 14.8. The van der Waals surface area contributed by atoms with Crippen molar-refractivity contribution in [1.29, 1.82) is 0 Å². The first kappa shape index (κ1) is 28.8. The van der Waals surface area contributed by atoms with Crippen LogP contribution in [0.15, 0.2) is 54.6 Å². The minimum absolute atomic E-state index is 0.0875. The van der Waals surface area contributed by atoms with Crippen LogP contribution in [0.1, 0.15) is 57.4 Å². The number of benzene rings is 2. The third kappa shape index (κ3) is 8.37. The van der Waals surface area contributed by atoms with Crippen molar-refractivity contribution in [2.45, 2.75) is 65.8 Å². The van der Waals surface area contributed by atoms with E-state index in [9.17, 15) is 19.5 Å². The Labute approximate surface area is 214 Å². The number of carbonyl (C=O) groups is 3. The number of amides is 3. The predicted octanol–water partition coefficient (Wildman–Crippen LogP) is 3.72. The van der Waals surface area contributed by atoms with Gasteiger partial charge in [0.25, 0.3) is 0 Å². The van der Waals surface area contributed by atoms with Crippen LogP contribution in [0.4, 0.5) is 4.79 Å². The highest BCUT2D eigenvalue weighted by molar-refractivity contribution is 5.92. The number of ether oxygens (including phenoxy) is 1. The fraction of sp³-hybridized carbons (Fsp3) is 0.464. The van der Waals surface area contributed by atoms with E-state index >= 15 is 0 Å². The lowest BCUT2D eigenvalue weighted by molar-refractivity contribution is -0.144. The number of carbonyl (C=O) groups excluding carboxylic acids is 3. The second-order valence-corrected chi connectivity index (χ2v) is 10.1. The van der Waals surface area contributed by atoms with Gasteiger partial charge in [0.2, 0.25) is 11.8 Å². The molecule has 3 amide bonds. The molecule has 2 aromatic carbocycles. The molecule has 2 unspecified atom stereocenters. The molecule has 8 nitrogen and oxygen atoms in total. The van der Waals surface area contributed by atoms with Crippen molar-refractivity contribution in [1.82, 2.24) is 15.5 Å². The average molecular weight is 498 g/mol. The molecule has 0 aliphatic rings. The molecular formula is C28H39N3O5. The summed E-state index contributed by atoms with van der Waals surface area (Å²) >= 11 is 0. The Morgan fingerprint density at radius 1 is 1.00 bits per heavy atom. The van der Waals surface area contributed by atoms with E-state index in [1.807, 2.05) is 49.4 Å². The molecule has 0 bridgehead atoms. The number of nitrogens with one attached hydrogen (secondary N) is 2. The molecular weight excluding hydrogens is 458 g/mol. The van der Waals surface area contributed by atoms with E-state index in [0.29, 0.717) is 5.56 Å².